The number of ether oxygens (including phenoxy) is 1. The van der Waals surface area contributed by atoms with Crippen molar-refractivity contribution in [3.8, 4) is 0 Å². The number of rotatable bonds is 4. The van der Waals surface area contributed by atoms with Crippen molar-refractivity contribution in [2.24, 2.45) is 0 Å². The molecular formula is C11H14O4S. The maximum atomic E-state index is 11.0. The molecular weight excluding hydrogens is 228 g/mol. The third-order valence-corrected chi connectivity index (χ3v) is 2.94. The summed E-state index contributed by atoms with van der Waals surface area (Å²) < 4.78 is 4.35. The van der Waals surface area contributed by atoms with Gasteiger partial charge in [0.2, 0.25) is 0 Å². The van der Waals surface area contributed by atoms with Gasteiger partial charge in [-0.05, 0) is 24.0 Å². The second-order valence-corrected chi connectivity index (χ2v) is 4.07. The first kappa shape index (κ1) is 13.0. The number of hydrogen-bond acceptors (Lipinski definition) is 5. The third kappa shape index (κ3) is 2.98. The molecule has 88 valence electrons. The molecule has 0 amide bonds. The van der Waals surface area contributed by atoms with Gasteiger partial charge in [0, 0.05) is 4.90 Å². The Morgan fingerprint density at radius 1 is 1.31 bits per heavy atom. The second-order valence-electron chi connectivity index (χ2n) is 3.19. The van der Waals surface area contributed by atoms with Crippen LogP contribution in [-0.4, -0.2) is 35.7 Å². The summed E-state index contributed by atoms with van der Waals surface area (Å²) in [6.45, 7) is 0. The minimum absolute atomic E-state index is 0.482. The number of benzene rings is 1. The van der Waals surface area contributed by atoms with E-state index in [9.17, 15) is 15.0 Å². The molecule has 2 unspecified atom stereocenters. The van der Waals surface area contributed by atoms with Crippen LogP contribution in [0.4, 0.5) is 0 Å². The van der Waals surface area contributed by atoms with Crippen LogP contribution in [0.1, 0.15) is 11.7 Å². The van der Waals surface area contributed by atoms with E-state index in [0.29, 0.717) is 5.56 Å². The molecule has 0 heterocycles. The van der Waals surface area contributed by atoms with Gasteiger partial charge in [0.25, 0.3) is 0 Å². The first-order valence-electron chi connectivity index (χ1n) is 4.68. The first-order chi connectivity index (χ1) is 7.60. The molecule has 0 aromatic heterocycles. The van der Waals surface area contributed by atoms with Gasteiger partial charge in [-0.25, -0.2) is 4.79 Å². The molecule has 0 radical (unpaired) electrons. The van der Waals surface area contributed by atoms with Crippen LogP contribution in [0.5, 0.6) is 0 Å². The van der Waals surface area contributed by atoms with Crippen molar-refractivity contribution in [3.05, 3.63) is 29.8 Å². The molecule has 0 saturated carbocycles. The van der Waals surface area contributed by atoms with E-state index in [4.69, 9.17) is 0 Å². The topological polar surface area (TPSA) is 66.8 Å². The lowest BCUT2D eigenvalue weighted by molar-refractivity contribution is -0.156. The number of hydrogen-bond donors (Lipinski definition) is 2. The fraction of sp³-hybridized carbons (Fsp3) is 0.364. The van der Waals surface area contributed by atoms with Crippen LogP contribution in [-0.2, 0) is 9.53 Å². The van der Waals surface area contributed by atoms with E-state index >= 15 is 0 Å². The molecule has 1 rings (SSSR count). The van der Waals surface area contributed by atoms with Gasteiger partial charge in [-0.15, -0.1) is 11.8 Å². The maximum Gasteiger partial charge on any atom is 0.337 e. The third-order valence-electron chi connectivity index (χ3n) is 2.20. The van der Waals surface area contributed by atoms with Crippen LogP contribution in [0, 0.1) is 0 Å². The second kappa shape index (κ2) is 5.89. The van der Waals surface area contributed by atoms with E-state index < -0.39 is 18.2 Å². The quantitative estimate of drug-likeness (QED) is 0.608. The average molecular weight is 242 g/mol. The highest BCUT2D eigenvalue weighted by Crippen LogP contribution is 2.21. The van der Waals surface area contributed by atoms with Gasteiger partial charge in [-0.3, -0.25) is 0 Å². The summed E-state index contributed by atoms with van der Waals surface area (Å²) in [6, 6.07) is 6.96. The molecule has 5 heteroatoms. The Morgan fingerprint density at radius 3 is 2.31 bits per heavy atom. The fourth-order valence-electron chi connectivity index (χ4n) is 1.23. The highest BCUT2D eigenvalue weighted by atomic mass is 32.2. The number of aliphatic hydroxyl groups is 2. The molecule has 0 bridgehead atoms. The molecule has 0 aliphatic rings. The van der Waals surface area contributed by atoms with E-state index in [1.165, 1.54) is 0 Å². The molecule has 0 aliphatic carbocycles. The standard InChI is InChI=1S/C11H14O4S/c1-15-11(14)10(13)9(12)7-3-5-8(16-2)6-4-7/h3-6,9-10,12-13H,1-2H3. The lowest BCUT2D eigenvalue weighted by Crippen LogP contribution is -2.28. The van der Waals surface area contributed by atoms with Gasteiger partial charge in [-0.1, -0.05) is 12.1 Å². The zero-order chi connectivity index (χ0) is 12.1. The minimum atomic E-state index is -1.55. The predicted molar refractivity (Wildman–Crippen MR) is 61.2 cm³/mol. The number of esters is 1. The highest BCUT2D eigenvalue weighted by molar-refractivity contribution is 7.98. The van der Waals surface area contributed by atoms with Crippen molar-refractivity contribution in [3.63, 3.8) is 0 Å². The summed E-state index contributed by atoms with van der Waals surface area (Å²) in [7, 11) is 1.16. The molecule has 0 fully saturated rings. The van der Waals surface area contributed by atoms with Crippen molar-refractivity contribution >= 4 is 17.7 Å². The molecule has 2 atom stereocenters. The van der Waals surface area contributed by atoms with Crippen LogP contribution >= 0.6 is 11.8 Å². The Kier molecular flexibility index (Phi) is 4.79. The molecule has 0 spiro atoms. The number of aliphatic hydroxyl groups excluding tert-OH is 2. The van der Waals surface area contributed by atoms with E-state index in [1.54, 1.807) is 23.9 Å². The van der Waals surface area contributed by atoms with Crippen molar-refractivity contribution in [1.29, 1.82) is 0 Å². The Labute approximate surface area is 98.2 Å². The van der Waals surface area contributed by atoms with E-state index in [2.05, 4.69) is 4.74 Å². The van der Waals surface area contributed by atoms with Crippen LogP contribution in [0.15, 0.2) is 29.2 Å². The van der Waals surface area contributed by atoms with Crippen molar-refractivity contribution in [2.75, 3.05) is 13.4 Å². The molecule has 1 aromatic rings. The molecule has 0 saturated heterocycles. The number of carbonyl (C=O) groups excluding carboxylic acids is 1. The summed E-state index contributed by atoms with van der Waals surface area (Å²) >= 11 is 1.57. The first-order valence-corrected chi connectivity index (χ1v) is 5.90. The van der Waals surface area contributed by atoms with Crippen LogP contribution in [0.2, 0.25) is 0 Å². The molecule has 0 aliphatic heterocycles. The van der Waals surface area contributed by atoms with Gasteiger partial charge in [0.15, 0.2) is 6.10 Å². The van der Waals surface area contributed by atoms with Crippen LogP contribution in [0.3, 0.4) is 0 Å². The van der Waals surface area contributed by atoms with E-state index in [0.717, 1.165) is 12.0 Å². The summed E-state index contributed by atoms with van der Waals surface area (Å²) in [5.41, 5.74) is 0.482. The Bertz CT molecular complexity index is 350. The summed E-state index contributed by atoms with van der Waals surface area (Å²) in [5.74, 6) is -0.846. The van der Waals surface area contributed by atoms with Crippen molar-refractivity contribution in [2.45, 2.75) is 17.1 Å². The van der Waals surface area contributed by atoms with Gasteiger partial charge in [0.05, 0.1) is 7.11 Å². The van der Waals surface area contributed by atoms with E-state index in [1.807, 2.05) is 18.4 Å². The summed E-state index contributed by atoms with van der Waals surface area (Å²) in [6.07, 6.45) is -0.872. The zero-order valence-corrected chi connectivity index (χ0v) is 9.90. The Hall–Kier alpha value is -1.04. The van der Waals surface area contributed by atoms with Gasteiger partial charge >= 0.3 is 5.97 Å². The zero-order valence-electron chi connectivity index (χ0n) is 9.08. The summed E-state index contributed by atoms with van der Waals surface area (Å²) in [5, 5.41) is 19.1. The summed E-state index contributed by atoms with van der Waals surface area (Å²) in [4.78, 5) is 12.1. The number of thioether (sulfide) groups is 1. The van der Waals surface area contributed by atoms with Crippen molar-refractivity contribution in [1.82, 2.24) is 0 Å². The smallest absolute Gasteiger partial charge is 0.337 e. The normalized spacial score (nSPS) is 14.2. The van der Waals surface area contributed by atoms with Gasteiger partial charge in [0.1, 0.15) is 6.10 Å². The SMILES string of the molecule is COC(=O)C(O)C(O)c1ccc(SC)cc1. The number of methoxy groups -OCH3 is 1. The Balaban J connectivity index is 2.79. The van der Waals surface area contributed by atoms with Crippen LogP contribution < -0.4 is 0 Å². The Morgan fingerprint density at radius 2 is 1.88 bits per heavy atom. The lowest BCUT2D eigenvalue weighted by Gasteiger charge is -2.16. The predicted octanol–water partition coefficient (Wildman–Crippen LogP) is 0.976. The highest BCUT2D eigenvalue weighted by Gasteiger charge is 2.26. The van der Waals surface area contributed by atoms with Crippen molar-refractivity contribution < 1.29 is 19.7 Å². The minimum Gasteiger partial charge on any atom is -0.467 e. The monoisotopic (exact) mass is 242 g/mol. The van der Waals surface area contributed by atoms with Gasteiger partial charge in [-0.2, -0.15) is 0 Å². The lowest BCUT2D eigenvalue weighted by atomic mass is 10.0. The fourth-order valence-corrected chi connectivity index (χ4v) is 1.64. The largest absolute Gasteiger partial charge is 0.467 e. The van der Waals surface area contributed by atoms with E-state index in [-0.39, 0.29) is 0 Å². The molecule has 1 aromatic carbocycles. The number of carbonyl (C=O) groups is 1. The average Bonchev–Trinajstić information content (AvgIpc) is 2.36. The van der Waals surface area contributed by atoms with Crippen LogP contribution in [0.25, 0.3) is 0 Å². The molecule has 4 nitrogen and oxygen atoms in total. The van der Waals surface area contributed by atoms with Gasteiger partial charge < -0.3 is 14.9 Å². The molecule has 16 heavy (non-hydrogen) atoms. The molecule has 2 N–H and O–H groups in total. The maximum absolute atomic E-state index is 11.0.